The first-order valence-electron chi connectivity index (χ1n) is 5.32. The first-order valence-corrected chi connectivity index (χ1v) is 5.32. The van der Waals surface area contributed by atoms with Crippen molar-refractivity contribution in [3.8, 4) is 0 Å². The lowest BCUT2D eigenvalue weighted by molar-refractivity contribution is 0.0994. The number of carbonyl (C=O) groups is 1. The van der Waals surface area contributed by atoms with Crippen molar-refractivity contribution in [3.05, 3.63) is 34.9 Å². The largest absolute Gasteiger partial charge is 0.294 e. The molecule has 1 heteroatoms. The van der Waals surface area contributed by atoms with Crippen molar-refractivity contribution in [2.45, 2.75) is 33.1 Å². The molecule has 1 nitrogen and oxygen atoms in total. The molecule has 0 aliphatic heterocycles. The number of ketones is 1. The minimum Gasteiger partial charge on any atom is -0.294 e. The van der Waals surface area contributed by atoms with Crippen molar-refractivity contribution in [2.24, 2.45) is 5.92 Å². The van der Waals surface area contributed by atoms with Crippen LogP contribution < -0.4 is 0 Å². The summed E-state index contributed by atoms with van der Waals surface area (Å²) in [7, 11) is 0. The maximum atomic E-state index is 11.5. The zero-order valence-corrected chi connectivity index (χ0v) is 8.84. The van der Waals surface area contributed by atoms with E-state index in [-0.39, 0.29) is 0 Å². The molecular weight excluding hydrogens is 172 g/mol. The van der Waals surface area contributed by atoms with Gasteiger partial charge in [-0.05, 0) is 36.0 Å². The first-order chi connectivity index (χ1) is 6.66. The summed E-state index contributed by atoms with van der Waals surface area (Å²) >= 11 is 0. The van der Waals surface area contributed by atoms with Crippen LogP contribution in [0, 0.1) is 5.92 Å². The highest BCUT2D eigenvalue weighted by molar-refractivity contribution is 6.00. The lowest BCUT2D eigenvalue weighted by Crippen LogP contribution is -1.97. The summed E-state index contributed by atoms with van der Waals surface area (Å²) in [6, 6.07) is 6.38. The molecule has 74 valence electrons. The van der Waals surface area contributed by atoms with Crippen LogP contribution in [0.2, 0.25) is 0 Å². The molecule has 1 aliphatic rings. The zero-order valence-electron chi connectivity index (χ0n) is 8.84. The molecule has 1 aliphatic carbocycles. The number of fused-ring (bicyclic) bond motifs is 1. The lowest BCUT2D eigenvalue weighted by Gasteiger charge is -2.06. The monoisotopic (exact) mass is 188 g/mol. The standard InChI is InChI=1S/C13H16O/c1-9(2)7-10-3-4-11-5-6-13(14)12(11)8-10/h3-4,8-9H,5-7H2,1-2H3. The lowest BCUT2D eigenvalue weighted by atomic mass is 9.99. The van der Waals surface area contributed by atoms with E-state index < -0.39 is 0 Å². The maximum absolute atomic E-state index is 11.5. The van der Waals surface area contributed by atoms with Gasteiger partial charge in [-0.25, -0.2) is 0 Å². The molecule has 0 N–H and O–H groups in total. The summed E-state index contributed by atoms with van der Waals surface area (Å²) < 4.78 is 0. The molecule has 1 aromatic carbocycles. The number of hydrogen-bond acceptors (Lipinski definition) is 1. The van der Waals surface area contributed by atoms with Crippen LogP contribution in [0.25, 0.3) is 0 Å². The number of hydrogen-bond donors (Lipinski definition) is 0. The average Bonchev–Trinajstić information content (AvgIpc) is 2.47. The molecule has 0 saturated heterocycles. The molecule has 0 radical (unpaired) electrons. The van der Waals surface area contributed by atoms with E-state index >= 15 is 0 Å². The summed E-state index contributed by atoms with van der Waals surface area (Å²) in [6.45, 7) is 4.41. The minimum atomic E-state index is 0.325. The Kier molecular flexibility index (Phi) is 2.40. The van der Waals surface area contributed by atoms with E-state index in [1.807, 2.05) is 0 Å². The van der Waals surface area contributed by atoms with Gasteiger partial charge in [-0.2, -0.15) is 0 Å². The summed E-state index contributed by atoms with van der Waals surface area (Å²) in [4.78, 5) is 11.5. The Morgan fingerprint density at radius 1 is 1.29 bits per heavy atom. The smallest absolute Gasteiger partial charge is 0.163 e. The number of carbonyl (C=O) groups excluding carboxylic acids is 1. The third-order valence-corrected chi connectivity index (χ3v) is 2.74. The molecule has 0 heterocycles. The van der Waals surface area contributed by atoms with E-state index in [1.54, 1.807) is 0 Å². The third kappa shape index (κ3) is 1.72. The van der Waals surface area contributed by atoms with Gasteiger partial charge in [-0.15, -0.1) is 0 Å². The van der Waals surface area contributed by atoms with Crippen molar-refractivity contribution < 1.29 is 4.79 Å². The van der Waals surface area contributed by atoms with Crippen LogP contribution in [0.15, 0.2) is 18.2 Å². The Labute approximate surface area is 85.1 Å². The van der Waals surface area contributed by atoms with Crippen molar-refractivity contribution in [2.75, 3.05) is 0 Å². The molecule has 0 bridgehead atoms. The Morgan fingerprint density at radius 2 is 2.07 bits per heavy atom. The third-order valence-electron chi connectivity index (χ3n) is 2.74. The van der Waals surface area contributed by atoms with Crippen LogP contribution in [-0.2, 0) is 12.8 Å². The summed E-state index contributed by atoms with van der Waals surface area (Å²) in [6.07, 6.45) is 2.72. The minimum absolute atomic E-state index is 0.325. The second kappa shape index (κ2) is 3.56. The summed E-state index contributed by atoms with van der Waals surface area (Å²) in [5, 5.41) is 0. The molecule has 14 heavy (non-hydrogen) atoms. The van der Waals surface area contributed by atoms with Crippen LogP contribution in [0.1, 0.15) is 41.8 Å². The quantitative estimate of drug-likeness (QED) is 0.697. The van der Waals surface area contributed by atoms with E-state index in [0.717, 1.165) is 18.4 Å². The van der Waals surface area contributed by atoms with Crippen LogP contribution in [0.4, 0.5) is 0 Å². The van der Waals surface area contributed by atoms with Gasteiger partial charge in [0.05, 0.1) is 0 Å². The van der Waals surface area contributed by atoms with E-state index in [2.05, 4.69) is 32.0 Å². The Morgan fingerprint density at radius 3 is 2.79 bits per heavy atom. The van der Waals surface area contributed by atoms with Gasteiger partial charge in [0.15, 0.2) is 5.78 Å². The Bertz CT molecular complexity index is 363. The van der Waals surface area contributed by atoms with E-state index in [9.17, 15) is 4.79 Å². The average molecular weight is 188 g/mol. The second-order valence-corrected chi connectivity index (χ2v) is 4.51. The first kappa shape index (κ1) is 9.45. The maximum Gasteiger partial charge on any atom is 0.163 e. The van der Waals surface area contributed by atoms with Gasteiger partial charge in [-0.1, -0.05) is 26.0 Å². The van der Waals surface area contributed by atoms with Crippen LogP contribution in [-0.4, -0.2) is 5.78 Å². The van der Waals surface area contributed by atoms with Crippen LogP contribution in [0.5, 0.6) is 0 Å². The van der Waals surface area contributed by atoms with Crippen molar-refractivity contribution in [3.63, 3.8) is 0 Å². The van der Waals surface area contributed by atoms with Gasteiger partial charge >= 0.3 is 0 Å². The topological polar surface area (TPSA) is 17.1 Å². The van der Waals surface area contributed by atoms with Crippen molar-refractivity contribution in [1.82, 2.24) is 0 Å². The fraction of sp³-hybridized carbons (Fsp3) is 0.462. The molecule has 0 amide bonds. The highest BCUT2D eigenvalue weighted by Crippen LogP contribution is 2.23. The fourth-order valence-corrected chi connectivity index (χ4v) is 2.08. The van der Waals surface area contributed by atoms with Gasteiger partial charge in [0.1, 0.15) is 0 Å². The number of benzene rings is 1. The molecule has 0 aromatic heterocycles. The molecular formula is C13H16O. The fourth-order valence-electron chi connectivity index (χ4n) is 2.08. The van der Waals surface area contributed by atoms with Crippen LogP contribution in [0.3, 0.4) is 0 Å². The molecule has 0 fully saturated rings. The van der Waals surface area contributed by atoms with Gasteiger partial charge < -0.3 is 0 Å². The SMILES string of the molecule is CC(C)Cc1ccc2c(c1)C(=O)CC2. The van der Waals surface area contributed by atoms with Gasteiger partial charge in [-0.3, -0.25) is 4.79 Å². The Hall–Kier alpha value is -1.11. The predicted octanol–water partition coefficient (Wildman–Crippen LogP) is 3.01. The van der Waals surface area contributed by atoms with Crippen LogP contribution >= 0.6 is 0 Å². The summed E-state index contributed by atoms with van der Waals surface area (Å²) in [5.41, 5.74) is 3.51. The van der Waals surface area contributed by atoms with Gasteiger partial charge in [0, 0.05) is 12.0 Å². The van der Waals surface area contributed by atoms with Gasteiger partial charge in [0.25, 0.3) is 0 Å². The van der Waals surface area contributed by atoms with E-state index in [4.69, 9.17) is 0 Å². The van der Waals surface area contributed by atoms with Crippen molar-refractivity contribution >= 4 is 5.78 Å². The number of Topliss-reactive ketones (excluding diaryl/α,β-unsaturated/α-hetero) is 1. The molecule has 1 aromatic rings. The van der Waals surface area contributed by atoms with Crippen molar-refractivity contribution in [1.29, 1.82) is 0 Å². The molecule has 0 spiro atoms. The zero-order chi connectivity index (χ0) is 10.1. The molecule has 2 rings (SSSR count). The number of rotatable bonds is 2. The van der Waals surface area contributed by atoms with Gasteiger partial charge in [0.2, 0.25) is 0 Å². The molecule has 0 saturated carbocycles. The van der Waals surface area contributed by atoms with E-state index in [0.29, 0.717) is 18.1 Å². The number of aryl methyl sites for hydroxylation is 1. The molecule has 0 atom stereocenters. The Balaban J connectivity index is 2.30. The summed E-state index contributed by atoms with van der Waals surface area (Å²) in [5.74, 6) is 0.982. The highest BCUT2D eigenvalue weighted by atomic mass is 16.1. The molecule has 0 unspecified atom stereocenters. The highest BCUT2D eigenvalue weighted by Gasteiger charge is 2.19. The predicted molar refractivity (Wildman–Crippen MR) is 57.6 cm³/mol. The second-order valence-electron chi connectivity index (χ2n) is 4.51. The van der Waals surface area contributed by atoms with E-state index in [1.165, 1.54) is 11.1 Å². The normalized spacial score (nSPS) is 14.9.